The molecule has 0 spiro atoms. The highest BCUT2D eigenvalue weighted by atomic mass is 16.5. The third-order valence-electron chi connectivity index (χ3n) is 4.89. The van der Waals surface area contributed by atoms with Gasteiger partial charge in [-0.3, -0.25) is 14.6 Å². The summed E-state index contributed by atoms with van der Waals surface area (Å²) in [5.41, 5.74) is -2.07. The van der Waals surface area contributed by atoms with Crippen molar-refractivity contribution in [1.82, 2.24) is 19.4 Å². The summed E-state index contributed by atoms with van der Waals surface area (Å²) in [6, 6.07) is 1.25. The van der Waals surface area contributed by atoms with Crippen molar-refractivity contribution in [2.45, 2.75) is 31.4 Å². The van der Waals surface area contributed by atoms with Crippen molar-refractivity contribution in [1.29, 1.82) is 0 Å². The van der Waals surface area contributed by atoms with Crippen LogP contribution in [0, 0.1) is 0 Å². The molecule has 9 nitrogen and oxygen atoms in total. The summed E-state index contributed by atoms with van der Waals surface area (Å²) in [5.74, 6) is -0.145. The predicted molar refractivity (Wildman–Crippen MR) is 94.0 cm³/mol. The zero-order valence-electron chi connectivity index (χ0n) is 14.9. The van der Waals surface area contributed by atoms with Crippen molar-refractivity contribution in [2.75, 3.05) is 45.9 Å². The van der Waals surface area contributed by atoms with E-state index in [-0.39, 0.29) is 32.0 Å². The number of hydrogen-bond acceptors (Lipinski definition) is 6. The lowest BCUT2D eigenvalue weighted by atomic mass is 10.0. The topological polar surface area (TPSA) is 108 Å². The zero-order valence-corrected chi connectivity index (χ0v) is 14.9. The molecule has 0 radical (unpaired) electrons. The third-order valence-corrected chi connectivity index (χ3v) is 4.89. The number of carbonyl (C=O) groups excluding carboxylic acids is 1. The van der Waals surface area contributed by atoms with Crippen LogP contribution < -0.4 is 11.2 Å². The van der Waals surface area contributed by atoms with Crippen molar-refractivity contribution in [3.8, 4) is 0 Å². The number of aromatic nitrogens is 2. The monoisotopic (exact) mass is 366 g/mol. The number of carbonyl (C=O) groups is 1. The lowest BCUT2D eigenvalue weighted by Gasteiger charge is -2.34. The normalized spacial score (nSPS) is 24.6. The second-order valence-corrected chi connectivity index (χ2v) is 7.13. The number of aliphatic hydroxyl groups is 1. The number of nitrogens with one attached hydrogen (secondary N) is 1. The average Bonchev–Trinajstić information content (AvgIpc) is 3.01. The van der Waals surface area contributed by atoms with E-state index in [1.165, 1.54) is 16.8 Å². The van der Waals surface area contributed by atoms with Crippen LogP contribution in [0.2, 0.25) is 0 Å². The molecule has 1 aromatic rings. The summed E-state index contributed by atoms with van der Waals surface area (Å²) < 4.78 is 6.83. The fourth-order valence-corrected chi connectivity index (χ4v) is 3.58. The first-order valence-corrected chi connectivity index (χ1v) is 9.05. The standard InChI is InChI=1S/C17H26N4O5/c22-14-3-7-20(16(24)18-14)8-4-15(23)21-9-10-26-13-17(25,12-21)11-19-5-1-2-6-19/h3,7,25H,1-2,4-6,8-13H2,(H,18,22,24)/t17-/m0/s1. The Balaban J connectivity index is 1.60. The summed E-state index contributed by atoms with van der Waals surface area (Å²) in [4.78, 5) is 41.4. The number of ether oxygens (including phenoxy) is 1. The molecule has 144 valence electrons. The number of likely N-dealkylation sites (tertiary alicyclic amines) is 1. The molecule has 1 amide bonds. The highest BCUT2D eigenvalue weighted by Gasteiger charge is 2.36. The van der Waals surface area contributed by atoms with Crippen LogP contribution in [-0.2, 0) is 16.1 Å². The number of β-amino-alcohol motifs (C(OH)–C–C–N with tert-alkyl or cyclic N) is 1. The molecule has 0 aromatic carbocycles. The van der Waals surface area contributed by atoms with Gasteiger partial charge in [0.2, 0.25) is 5.91 Å². The third kappa shape index (κ3) is 4.80. The minimum Gasteiger partial charge on any atom is -0.384 e. The molecule has 26 heavy (non-hydrogen) atoms. The van der Waals surface area contributed by atoms with Crippen LogP contribution in [0.4, 0.5) is 0 Å². The second-order valence-electron chi connectivity index (χ2n) is 7.13. The van der Waals surface area contributed by atoms with E-state index in [4.69, 9.17) is 4.74 Å². The molecule has 9 heteroatoms. The van der Waals surface area contributed by atoms with Gasteiger partial charge in [-0.05, 0) is 25.9 Å². The molecular weight excluding hydrogens is 340 g/mol. The molecule has 0 saturated carbocycles. The van der Waals surface area contributed by atoms with Crippen molar-refractivity contribution >= 4 is 5.91 Å². The summed E-state index contributed by atoms with van der Waals surface area (Å²) in [6.45, 7) is 3.84. The number of aryl methyl sites for hydroxylation is 1. The Morgan fingerprint density at radius 1 is 1.27 bits per heavy atom. The molecule has 2 aliphatic rings. The van der Waals surface area contributed by atoms with Gasteiger partial charge in [0.1, 0.15) is 5.60 Å². The van der Waals surface area contributed by atoms with Crippen LogP contribution in [0.15, 0.2) is 21.9 Å². The number of hydrogen-bond donors (Lipinski definition) is 2. The predicted octanol–water partition coefficient (Wildman–Crippen LogP) is -1.39. The summed E-state index contributed by atoms with van der Waals surface area (Å²) in [7, 11) is 0. The maximum Gasteiger partial charge on any atom is 0.328 e. The molecule has 2 aliphatic heterocycles. The maximum atomic E-state index is 12.6. The van der Waals surface area contributed by atoms with Gasteiger partial charge in [0.05, 0.1) is 19.8 Å². The van der Waals surface area contributed by atoms with Crippen LogP contribution in [0.3, 0.4) is 0 Å². The van der Waals surface area contributed by atoms with Gasteiger partial charge in [-0.15, -0.1) is 0 Å². The highest BCUT2D eigenvalue weighted by molar-refractivity contribution is 5.76. The summed E-state index contributed by atoms with van der Waals surface area (Å²) >= 11 is 0. The van der Waals surface area contributed by atoms with Crippen LogP contribution in [-0.4, -0.2) is 81.9 Å². The van der Waals surface area contributed by atoms with E-state index in [0.717, 1.165) is 25.9 Å². The number of aromatic amines is 1. The summed E-state index contributed by atoms with van der Waals surface area (Å²) in [6.07, 6.45) is 3.76. The molecule has 2 saturated heterocycles. The largest absolute Gasteiger partial charge is 0.384 e. The van der Waals surface area contributed by atoms with E-state index in [2.05, 4.69) is 9.88 Å². The van der Waals surface area contributed by atoms with Crippen LogP contribution in [0.1, 0.15) is 19.3 Å². The van der Waals surface area contributed by atoms with Gasteiger partial charge < -0.3 is 24.2 Å². The first-order chi connectivity index (χ1) is 12.5. The fourth-order valence-electron chi connectivity index (χ4n) is 3.58. The molecule has 2 N–H and O–H groups in total. The second kappa shape index (κ2) is 8.15. The molecule has 3 rings (SSSR count). The van der Waals surface area contributed by atoms with Crippen molar-refractivity contribution in [3.63, 3.8) is 0 Å². The molecule has 0 bridgehead atoms. The van der Waals surface area contributed by atoms with Gasteiger partial charge in [-0.25, -0.2) is 4.79 Å². The van der Waals surface area contributed by atoms with Crippen LogP contribution in [0.5, 0.6) is 0 Å². The minimum atomic E-state index is -1.08. The first-order valence-electron chi connectivity index (χ1n) is 9.05. The van der Waals surface area contributed by atoms with Gasteiger partial charge in [-0.1, -0.05) is 0 Å². The Kier molecular flexibility index (Phi) is 5.90. The van der Waals surface area contributed by atoms with Crippen molar-refractivity contribution in [3.05, 3.63) is 33.1 Å². The molecule has 0 unspecified atom stereocenters. The summed E-state index contributed by atoms with van der Waals surface area (Å²) in [5, 5.41) is 10.9. The minimum absolute atomic E-state index is 0.117. The van der Waals surface area contributed by atoms with Crippen molar-refractivity contribution in [2.24, 2.45) is 0 Å². The molecule has 1 atom stereocenters. The Bertz CT molecular complexity index is 739. The SMILES string of the molecule is O=C(CCn1ccc(=O)[nH]c1=O)N1CCOC[C@](O)(CN2CCCC2)C1. The molecular formula is C17H26N4O5. The highest BCUT2D eigenvalue weighted by Crippen LogP contribution is 2.18. The Morgan fingerprint density at radius 2 is 2.04 bits per heavy atom. The quantitative estimate of drug-likeness (QED) is 0.665. The number of amides is 1. The van der Waals surface area contributed by atoms with Crippen LogP contribution >= 0.6 is 0 Å². The number of nitrogens with zero attached hydrogens (tertiary/aromatic N) is 3. The Morgan fingerprint density at radius 3 is 2.77 bits per heavy atom. The van der Waals surface area contributed by atoms with E-state index in [0.29, 0.717) is 19.7 Å². The van der Waals surface area contributed by atoms with E-state index in [1.54, 1.807) is 4.90 Å². The van der Waals surface area contributed by atoms with Gasteiger partial charge in [0.15, 0.2) is 0 Å². The fraction of sp³-hybridized carbons (Fsp3) is 0.706. The number of rotatable bonds is 5. The van der Waals surface area contributed by atoms with Gasteiger partial charge in [0, 0.05) is 38.3 Å². The lowest BCUT2D eigenvalue weighted by molar-refractivity contribution is -0.134. The molecule has 0 aliphatic carbocycles. The van der Waals surface area contributed by atoms with Gasteiger partial charge in [-0.2, -0.15) is 0 Å². The van der Waals surface area contributed by atoms with Gasteiger partial charge in [0.25, 0.3) is 5.56 Å². The Labute approximate surface area is 151 Å². The maximum absolute atomic E-state index is 12.6. The Hall–Kier alpha value is -1.97. The first kappa shape index (κ1) is 18.8. The van der Waals surface area contributed by atoms with E-state index < -0.39 is 16.9 Å². The van der Waals surface area contributed by atoms with E-state index >= 15 is 0 Å². The molecule has 1 aromatic heterocycles. The molecule has 2 fully saturated rings. The van der Waals surface area contributed by atoms with E-state index in [9.17, 15) is 19.5 Å². The van der Waals surface area contributed by atoms with Crippen molar-refractivity contribution < 1.29 is 14.6 Å². The number of H-pyrrole nitrogens is 1. The van der Waals surface area contributed by atoms with Crippen LogP contribution in [0.25, 0.3) is 0 Å². The molecule has 3 heterocycles. The average molecular weight is 366 g/mol. The van der Waals surface area contributed by atoms with Gasteiger partial charge >= 0.3 is 5.69 Å². The zero-order chi connectivity index (χ0) is 18.6. The van der Waals surface area contributed by atoms with E-state index in [1.807, 2.05) is 0 Å². The lowest BCUT2D eigenvalue weighted by Crippen LogP contribution is -2.53. The smallest absolute Gasteiger partial charge is 0.328 e.